The van der Waals surface area contributed by atoms with Gasteiger partial charge in [0.05, 0.1) is 0 Å². The van der Waals surface area contributed by atoms with Crippen molar-refractivity contribution < 1.29 is 4.79 Å². The zero-order valence-corrected chi connectivity index (χ0v) is 11.9. The molecule has 1 aliphatic carbocycles. The number of piperazine rings is 1. The Kier molecular flexibility index (Phi) is 3.92. The number of benzene rings is 1. The number of carbonyl (C=O) groups is 1. The lowest BCUT2D eigenvalue weighted by atomic mass is 10.1. The summed E-state index contributed by atoms with van der Waals surface area (Å²) < 4.78 is 0. The number of nitrogen functional groups attached to an aromatic ring is 1. The van der Waals surface area contributed by atoms with Gasteiger partial charge in [-0.2, -0.15) is 0 Å². The van der Waals surface area contributed by atoms with E-state index in [0.29, 0.717) is 5.69 Å². The zero-order chi connectivity index (χ0) is 13.9. The molecule has 0 unspecified atom stereocenters. The monoisotopic (exact) mass is 273 g/mol. The molecule has 0 radical (unpaired) electrons. The molecule has 0 aromatic heterocycles. The number of hydrogen-bond acceptors (Lipinski definition) is 3. The second-order valence-corrected chi connectivity index (χ2v) is 5.89. The summed E-state index contributed by atoms with van der Waals surface area (Å²) in [5.74, 6) is 0.135. The van der Waals surface area contributed by atoms with Crippen molar-refractivity contribution in [2.24, 2.45) is 0 Å². The number of anilines is 1. The van der Waals surface area contributed by atoms with Gasteiger partial charge in [-0.05, 0) is 37.1 Å². The molecule has 0 bridgehead atoms. The van der Waals surface area contributed by atoms with Crippen LogP contribution in [-0.2, 0) is 0 Å². The molecule has 3 rings (SSSR count). The van der Waals surface area contributed by atoms with E-state index in [1.807, 2.05) is 17.0 Å². The largest absolute Gasteiger partial charge is 0.399 e. The Bertz CT molecular complexity index is 457. The number of nitrogens with zero attached hydrogens (tertiary/aromatic N) is 2. The van der Waals surface area contributed by atoms with E-state index in [-0.39, 0.29) is 5.91 Å². The molecule has 2 N–H and O–H groups in total. The van der Waals surface area contributed by atoms with E-state index in [0.717, 1.165) is 37.8 Å². The van der Waals surface area contributed by atoms with E-state index >= 15 is 0 Å². The smallest absolute Gasteiger partial charge is 0.253 e. The summed E-state index contributed by atoms with van der Waals surface area (Å²) in [5.41, 5.74) is 7.11. The molecule has 1 amide bonds. The van der Waals surface area contributed by atoms with Crippen molar-refractivity contribution in [3.63, 3.8) is 0 Å². The number of hydrogen-bond donors (Lipinski definition) is 1. The van der Waals surface area contributed by atoms with E-state index < -0.39 is 0 Å². The van der Waals surface area contributed by atoms with Gasteiger partial charge in [0.2, 0.25) is 0 Å². The van der Waals surface area contributed by atoms with Gasteiger partial charge in [0.1, 0.15) is 0 Å². The fourth-order valence-electron chi connectivity index (χ4n) is 3.37. The zero-order valence-electron chi connectivity index (χ0n) is 11.9. The molecule has 20 heavy (non-hydrogen) atoms. The highest BCUT2D eigenvalue weighted by molar-refractivity contribution is 5.94. The topological polar surface area (TPSA) is 49.6 Å². The first-order valence-electron chi connectivity index (χ1n) is 7.63. The minimum absolute atomic E-state index is 0.135. The Morgan fingerprint density at radius 2 is 1.60 bits per heavy atom. The Balaban J connectivity index is 1.57. The molecule has 4 heteroatoms. The highest BCUT2D eigenvalue weighted by atomic mass is 16.2. The summed E-state index contributed by atoms with van der Waals surface area (Å²) in [6.07, 6.45) is 5.42. The normalized spacial score (nSPS) is 21.3. The van der Waals surface area contributed by atoms with Gasteiger partial charge in [-0.15, -0.1) is 0 Å². The molecule has 1 aromatic carbocycles. The van der Waals surface area contributed by atoms with Crippen molar-refractivity contribution in [3.8, 4) is 0 Å². The van der Waals surface area contributed by atoms with Crippen LogP contribution in [0.4, 0.5) is 5.69 Å². The predicted molar refractivity (Wildman–Crippen MR) is 80.6 cm³/mol. The van der Waals surface area contributed by atoms with Crippen LogP contribution in [-0.4, -0.2) is 47.9 Å². The van der Waals surface area contributed by atoms with E-state index in [1.54, 1.807) is 12.1 Å². The predicted octanol–water partition coefficient (Wildman–Crippen LogP) is 1.97. The van der Waals surface area contributed by atoms with Gasteiger partial charge in [0.25, 0.3) is 5.91 Å². The fourth-order valence-corrected chi connectivity index (χ4v) is 3.37. The lowest BCUT2D eigenvalue weighted by molar-refractivity contribution is 0.0573. The van der Waals surface area contributed by atoms with Crippen LogP contribution < -0.4 is 5.73 Å². The molecule has 2 aliphatic rings. The van der Waals surface area contributed by atoms with E-state index in [2.05, 4.69) is 4.90 Å². The van der Waals surface area contributed by atoms with Crippen molar-refractivity contribution >= 4 is 11.6 Å². The van der Waals surface area contributed by atoms with Crippen LogP contribution in [0.5, 0.6) is 0 Å². The van der Waals surface area contributed by atoms with Crippen LogP contribution in [0.1, 0.15) is 36.0 Å². The third-order valence-corrected chi connectivity index (χ3v) is 4.60. The van der Waals surface area contributed by atoms with Crippen LogP contribution in [0.15, 0.2) is 24.3 Å². The maximum Gasteiger partial charge on any atom is 0.253 e. The van der Waals surface area contributed by atoms with E-state index in [9.17, 15) is 4.79 Å². The van der Waals surface area contributed by atoms with Gasteiger partial charge in [0, 0.05) is 43.5 Å². The van der Waals surface area contributed by atoms with Gasteiger partial charge < -0.3 is 10.6 Å². The third kappa shape index (κ3) is 2.80. The molecule has 1 heterocycles. The van der Waals surface area contributed by atoms with Gasteiger partial charge in [-0.25, -0.2) is 0 Å². The lowest BCUT2D eigenvalue weighted by Gasteiger charge is -2.38. The maximum absolute atomic E-state index is 12.4. The minimum Gasteiger partial charge on any atom is -0.399 e. The van der Waals surface area contributed by atoms with Crippen LogP contribution >= 0.6 is 0 Å². The van der Waals surface area contributed by atoms with Gasteiger partial charge in [0.15, 0.2) is 0 Å². The quantitative estimate of drug-likeness (QED) is 0.838. The number of rotatable bonds is 2. The average Bonchev–Trinajstić information content (AvgIpc) is 3.02. The molecule has 0 spiro atoms. The number of amides is 1. The SMILES string of the molecule is Nc1ccc(C(=O)N2CCN(C3CCCC3)CC2)cc1. The summed E-state index contributed by atoms with van der Waals surface area (Å²) >= 11 is 0. The maximum atomic E-state index is 12.4. The number of carbonyl (C=O) groups excluding carboxylic acids is 1. The molecule has 1 saturated carbocycles. The van der Waals surface area contributed by atoms with Crippen molar-refractivity contribution in [3.05, 3.63) is 29.8 Å². The summed E-state index contributed by atoms with van der Waals surface area (Å²) in [6.45, 7) is 3.73. The fraction of sp³-hybridized carbons (Fsp3) is 0.562. The van der Waals surface area contributed by atoms with Crippen LogP contribution in [0.3, 0.4) is 0 Å². The second kappa shape index (κ2) is 5.83. The molecule has 1 aliphatic heterocycles. The first-order valence-corrected chi connectivity index (χ1v) is 7.63. The molecule has 108 valence electrons. The Labute approximate surface area is 120 Å². The lowest BCUT2D eigenvalue weighted by Crippen LogP contribution is -2.51. The third-order valence-electron chi connectivity index (χ3n) is 4.60. The van der Waals surface area contributed by atoms with E-state index in [4.69, 9.17) is 5.73 Å². The van der Waals surface area contributed by atoms with E-state index in [1.165, 1.54) is 25.7 Å². The molecule has 0 atom stereocenters. The standard InChI is InChI=1S/C16H23N3O/c17-14-7-5-13(6-8-14)16(20)19-11-9-18(10-12-19)15-3-1-2-4-15/h5-8,15H,1-4,9-12,17H2. The molecule has 4 nitrogen and oxygen atoms in total. The van der Waals surface area contributed by atoms with Crippen molar-refractivity contribution in [1.29, 1.82) is 0 Å². The first kappa shape index (κ1) is 13.4. The summed E-state index contributed by atoms with van der Waals surface area (Å²) in [5, 5.41) is 0. The summed E-state index contributed by atoms with van der Waals surface area (Å²) in [7, 11) is 0. The van der Waals surface area contributed by atoms with Crippen LogP contribution in [0.2, 0.25) is 0 Å². The Hall–Kier alpha value is -1.55. The molecular formula is C16H23N3O. The Morgan fingerprint density at radius 3 is 2.20 bits per heavy atom. The number of nitrogens with two attached hydrogens (primary N) is 1. The highest BCUT2D eigenvalue weighted by Gasteiger charge is 2.28. The first-order chi connectivity index (χ1) is 9.74. The second-order valence-electron chi connectivity index (χ2n) is 5.89. The summed E-state index contributed by atoms with van der Waals surface area (Å²) in [4.78, 5) is 16.9. The Morgan fingerprint density at radius 1 is 1.00 bits per heavy atom. The highest BCUT2D eigenvalue weighted by Crippen LogP contribution is 2.24. The van der Waals surface area contributed by atoms with Crippen LogP contribution in [0.25, 0.3) is 0 Å². The van der Waals surface area contributed by atoms with Crippen molar-refractivity contribution in [2.45, 2.75) is 31.7 Å². The van der Waals surface area contributed by atoms with Gasteiger partial charge >= 0.3 is 0 Å². The molecule has 2 fully saturated rings. The minimum atomic E-state index is 0.135. The van der Waals surface area contributed by atoms with Gasteiger partial charge in [-0.1, -0.05) is 12.8 Å². The van der Waals surface area contributed by atoms with Crippen molar-refractivity contribution in [1.82, 2.24) is 9.80 Å². The van der Waals surface area contributed by atoms with Gasteiger partial charge in [-0.3, -0.25) is 9.69 Å². The molecular weight excluding hydrogens is 250 g/mol. The van der Waals surface area contributed by atoms with Crippen LogP contribution in [0, 0.1) is 0 Å². The molecule has 1 aromatic rings. The van der Waals surface area contributed by atoms with Crippen molar-refractivity contribution in [2.75, 3.05) is 31.9 Å². The summed E-state index contributed by atoms with van der Waals surface area (Å²) in [6, 6.07) is 8.00. The molecule has 1 saturated heterocycles. The average molecular weight is 273 g/mol.